The van der Waals surface area contributed by atoms with Gasteiger partial charge < -0.3 is 4.42 Å². The maximum absolute atomic E-state index is 5.64. The Labute approximate surface area is 79.6 Å². The Morgan fingerprint density at radius 2 is 2.33 bits per heavy atom. The van der Waals surface area contributed by atoms with E-state index in [0.717, 1.165) is 11.3 Å². The number of thiophene rings is 1. The molecule has 0 amide bonds. The molecule has 2 heterocycles. The lowest BCUT2D eigenvalue weighted by atomic mass is 10.2. The predicted molar refractivity (Wildman–Crippen MR) is 50.6 cm³/mol. The molecule has 1 radical (unpaired) electrons. The van der Waals surface area contributed by atoms with Crippen LogP contribution in [0.15, 0.2) is 22.6 Å². The smallest absolute Gasteiger partial charge is 0.193 e. The van der Waals surface area contributed by atoms with E-state index >= 15 is 0 Å². The minimum absolute atomic E-state index is 0.419. The van der Waals surface area contributed by atoms with Gasteiger partial charge in [0.05, 0.1) is 5.38 Å². The summed E-state index contributed by atoms with van der Waals surface area (Å²) in [6.07, 6.45) is 0. The number of aryl methyl sites for hydroxylation is 1. The van der Waals surface area contributed by atoms with Gasteiger partial charge in [0.1, 0.15) is 5.76 Å². The number of furan rings is 1. The van der Waals surface area contributed by atoms with Gasteiger partial charge in [-0.2, -0.15) is 0 Å². The highest BCUT2D eigenvalue weighted by Crippen LogP contribution is 2.27. The van der Waals surface area contributed by atoms with Gasteiger partial charge in [0.25, 0.3) is 0 Å². The Balaban J connectivity index is 2.43. The summed E-state index contributed by atoms with van der Waals surface area (Å²) in [5.41, 5.74) is 0.976. The maximum atomic E-state index is 5.64. The van der Waals surface area contributed by atoms with Gasteiger partial charge in [-0.3, -0.25) is 0 Å². The van der Waals surface area contributed by atoms with Crippen LogP contribution in [0, 0.1) is 12.3 Å². The first-order valence-electron chi connectivity index (χ1n) is 3.49. The highest BCUT2D eigenvalue weighted by molar-refractivity contribution is 7.09. The van der Waals surface area contributed by atoms with E-state index in [0.29, 0.717) is 5.22 Å². The van der Waals surface area contributed by atoms with Gasteiger partial charge in [-0.15, -0.1) is 11.3 Å². The van der Waals surface area contributed by atoms with Gasteiger partial charge in [-0.1, -0.05) is 0 Å². The van der Waals surface area contributed by atoms with Crippen molar-refractivity contribution in [2.24, 2.45) is 0 Å². The van der Waals surface area contributed by atoms with E-state index in [-0.39, 0.29) is 0 Å². The number of hydrogen-bond acceptors (Lipinski definition) is 2. The Morgan fingerprint density at radius 3 is 2.83 bits per heavy atom. The van der Waals surface area contributed by atoms with Crippen LogP contribution in [0.4, 0.5) is 0 Å². The van der Waals surface area contributed by atoms with Crippen LogP contribution < -0.4 is 0 Å². The largest absolute Gasteiger partial charge is 0.445 e. The summed E-state index contributed by atoms with van der Waals surface area (Å²) in [6.45, 7) is 2.04. The van der Waals surface area contributed by atoms with Crippen molar-refractivity contribution >= 4 is 22.9 Å². The van der Waals surface area contributed by atoms with E-state index < -0.39 is 0 Å². The average Bonchev–Trinajstić information content (AvgIpc) is 2.58. The second kappa shape index (κ2) is 2.96. The molecule has 2 aromatic heterocycles. The zero-order valence-corrected chi connectivity index (χ0v) is 8.00. The van der Waals surface area contributed by atoms with Gasteiger partial charge in [0.15, 0.2) is 5.22 Å². The fourth-order valence-electron chi connectivity index (χ4n) is 0.978. The molecule has 0 unspecified atom stereocenters. The van der Waals surface area contributed by atoms with Gasteiger partial charge in [-0.05, 0) is 36.7 Å². The Bertz CT molecular complexity index is 350. The fourth-order valence-corrected chi connectivity index (χ4v) is 1.73. The molecule has 0 N–H and O–H groups in total. The summed E-state index contributed by atoms with van der Waals surface area (Å²) < 4.78 is 5.22. The molecular weight excluding hydrogens is 192 g/mol. The van der Waals surface area contributed by atoms with Gasteiger partial charge in [-0.25, -0.2) is 0 Å². The van der Waals surface area contributed by atoms with Crippen molar-refractivity contribution in [2.45, 2.75) is 6.92 Å². The molecule has 2 rings (SSSR count). The molecule has 0 spiro atoms. The zero-order valence-electron chi connectivity index (χ0n) is 6.43. The number of hydrogen-bond donors (Lipinski definition) is 0. The quantitative estimate of drug-likeness (QED) is 0.679. The van der Waals surface area contributed by atoms with Crippen molar-refractivity contribution in [1.82, 2.24) is 0 Å². The van der Waals surface area contributed by atoms with Crippen molar-refractivity contribution < 1.29 is 4.42 Å². The zero-order chi connectivity index (χ0) is 8.55. The molecule has 0 aliphatic rings. The van der Waals surface area contributed by atoms with Crippen LogP contribution in [0.1, 0.15) is 4.88 Å². The monoisotopic (exact) mass is 197 g/mol. The van der Waals surface area contributed by atoms with E-state index in [4.69, 9.17) is 16.0 Å². The first kappa shape index (κ1) is 7.90. The summed E-state index contributed by atoms with van der Waals surface area (Å²) in [5, 5.41) is 3.54. The summed E-state index contributed by atoms with van der Waals surface area (Å²) in [4.78, 5) is 1.22. The Morgan fingerprint density at radius 1 is 1.50 bits per heavy atom. The highest BCUT2D eigenvalue weighted by Gasteiger charge is 2.04. The second-order valence-corrected chi connectivity index (χ2v) is 3.90. The summed E-state index contributed by atoms with van der Waals surface area (Å²) >= 11 is 7.22. The van der Waals surface area contributed by atoms with Gasteiger partial charge >= 0.3 is 0 Å². The normalized spacial score (nSPS) is 10.5. The Hall–Kier alpha value is -0.730. The third-order valence-corrected chi connectivity index (χ3v) is 2.47. The van der Waals surface area contributed by atoms with E-state index in [2.05, 4.69) is 5.38 Å². The van der Waals surface area contributed by atoms with Gasteiger partial charge in [0.2, 0.25) is 0 Å². The maximum Gasteiger partial charge on any atom is 0.193 e. The standard InChI is InChI=1S/C9H6ClOS/c1-6-4-7(5-12-6)8-2-3-9(10)11-8/h2-4H,1H3. The van der Waals surface area contributed by atoms with Gasteiger partial charge in [0, 0.05) is 10.4 Å². The van der Waals surface area contributed by atoms with Crippen molar-refractivity contribution in [1.29, 1.82) is 0 Å². The molecule has 12 heavy (non-hydrogen) atoms. The molecule has 0 aliphatic heterocycles. The molecule has 0 saturated heterocycles. The topological polar surface area (TPSA) is 13.1 Å². The number of halogens is 1. The van der Waals surface area contributed by atoms with Crippen LogP contribution in [0.2, 0.25) is 5.22 Å². The minimum Gasteiger partial charge on any atom is -0.445 e. The molecule has 3 heteroatoms. The van der Waals surface area contributed by atoms with Crippen molar-refractivity contribution in [3.8, 4) is 11.3 Å². The molecule has 0 atom stereocenters. The SMILES string of the molecule is Cc1cc(-c2ccc(Cl)o2)[c]s1. The molecule has 0 fully saturated rings. The van der Waals surface area contributed by atoms with Crippen LogP contribution in [-0.2, 0) is 0 Å². The van der Waals surface area contributed by atoms with E-state index in [9.17, 15) is 0 Å². The molecule has 0 saturated carbocycles. The molecule has 1 nitrogen and oxygen atoms in total. The predicted octanol–water partition coefficient (Wildman–Crippen LogP) is 3.77. The van der Waals surface area contributed by atoms with E-state index in [1.165, 1.54) is 4.88 Å². The van der Waals surface area contributed by atoms with Crippen molar-refractivity contribution in [3.05, 3.63) is 33.7 Å². The summed E-state index contributed by atoms with van der Waals surface area (Å²) in [6, 6.07) is 5.61. The Kier molecular flexibility index (Phi) is 1.95. The van der Waals surface area contributed by atoms with Crippen LogP contribution in [0.3, 0.4) is 0 Å². The second-order valence-electron chi connectivity index (χ2n) is 2.48. The van der Waals surface area contributed by atoms with Crippen LogP contribution >= 0.6 is 22.9 Å². The lowest BCUT2D eigenvalue weighted by Crippen LogP contribution is -1.63. The summed E-state index contributed by atoms with van der Waals surface area (Å²) in [5.74, 6) is 0.782. The third-order valence-electron chi connectivity index (χ3n) is 1.51. The van der Waals surface area contributed by atoms with E-state index in [1.54, 1.807) is 17.4 Å². The highest BCUT2D eigenvalue weighted by atomic mass is 35.5. The van der Waals surface area contributed by atoms with Crippen LogP contribution in [0.25, 0.3) is 11.3 Å². The molecule has 0 aromatic carbocycles. The molecule has 61 valence electrons. The first-order chi connectivity index (χ1) is 5.75. The lowest BCUT2D eigenvalue weighted by Gasteiger charge is -1.86. The molecule has 0 aliphatic carbocycles. The molecule has 2 aromatic rings. The lowest BCUT2D eigenvalue weighted by molar-refractivity contribution is 0.584. The molecule has 0 bridgehead atoms. The molecular formula is C9H6ClOS. The van der Waals surface area contributed by atoms with Crippen molar-refractivity contribution in [2.75, 3.05) is 0 Å². The van der Waals surface area contributed by atoms with Crippen LogP contribution in [0.5, 0.6) is 0 Å². The van der Waals surface area contributed by atoms with Crippen LogP contribution in [-0.4, -0.2) is 0 Å². The number of rotatable bonds is 1. The minimum atomic E-state index is 0.419. The fraction of sp³-hybridized carbons (Fsp3) is 0.111. The average molecular weight is 198 g/mol. The van der Waals surface area contributed by atoms with E-state index in [1.807, 2.05) is 19.1 Å². The first-order valence-corrected chi connectivity index (χ1v) is 4.69. The van der Waals surface area contributed by atoms with Crippen molar-refractivity contribution in [3.63, 3.8) is 0 Å². The third kappa shape index (κ3) is 1.40. The summed E-state index contributed by atoms with van der Waals surface area (Å²) in [7, 11) is 0.